The molecule has 2 aliphatic carbocycles. The van der Waals surface area contributed by atoms with Gasteiger partial charge in [0.1, 0.15) is 5.82 Å². The van der Waals surface area contributed by atoms with Crippen molar-refractivity contribution in [3.05, 3.63) is 70.5 Å². The number of aryl methyl sites for hydroxylation is 1. The summed E-state index contributed by atoms with van der Waals surface area (Å²) < 4.78 is 14.1. The highest BCUT2D eigenvalue weighted by atomic mass is 32.1. The summed E-state index contributed by atoms with van der Waals surface area (Å²) in [7, 11) is 0. The summed E-state index contributed by atoms with van der Waals surface area (Å²) in [5.74, 6) is 0.431. The minimum atomic E-state index is -0.253. The van der Waals surface area contributed by atoms with Crippen molar-refractivity contribution < 1.29 is 9.18 Å². The van der Waals surface area contributed by atoms with Crippen LogP contribution in [-0.2, 0) is 12.8 Å². The molecule has 0 unspecified atom stereocenters. The number of rotatable bonds is 9. The summed E-state index contributed by atoms with van der Waals surface area (Å²) in [6.45, 7) is 4.57. The molecular formula is C31H39FN4OS. The van der Waals surface area contributed by atoms with Gasteiger partial charge in [-0.3, -0.25) is 4.79 Å². The quantitative estimate of drug-likeness (QED) is 0.330. The number of nitrogens with two attached hydrogens (primary N) is 1. The Labute approximate surface area is 229 Å². The van der Waals surface area contributed by atoms with Crippen LogP contribution in [0.3, 0.4) is 0 Å². The zero-order chi connectivity index (χ0) is 26.5. The third kappa shape index (κ3) is 6.44. The van der Waals surface area contributed by atoms with Crippen molar-refractivity contribution in [1.82, 2.24) is 15.2 Å². The van der Waals surface area contributed by atoms with Crippen LogP contribution in [0.25, 0.3) is 11.1 Å². The second kappa shape index (κ2) is 12.4. The molecule has 1 amide bonds. The highest BCUT2D eigenvalue weighted by Gasteiger charge is 2.28. The maximum Gasteiger partial charge on any atom is 0.251 e. The minimum Gasteiger partial charge on any atom is -0.375 e. The Morgan fingerprint density at radius 2 is 1.84 bits per heavy atom. The maximum atomic E-state index is 14.1. The summed E-state index contributed by atoms with van der Waals surface area (Å²) in [6, 6.07) is 14.8. The molecule has 202 valence electrons. The average Bonchev–Trinajstić information content (AvgIpc) is 3.31. The molecule has 1 saturated carbocycles. The van der Waals surface area contributed by atoms with E-state index in [2.05, 4.69) is 22.1 Å². The van der Waals surface area contributed by atoms with Crippen molar-refractivity contribution in [3.8, 4) is 11.1 Å². The molecule has 2 aromatic carbocycles. The van der Waals surface area contributed by atoms with E-state index >= 15 is 0 Å². The smallest absolute Gasteiger partial charge is 0.251 e. The van der Waals surface area contributed by atoms with Gasteiger partial charge < -0.3 is 16.0 Å². The first-order valence-corrected chi connectivity index (χ1v) is 15.0. The van der Waals surface area contributed by atoms with Crippen molar-refractivity contribution in [2.75, 3.05) is 18.8 Å². The van der Waals surface area contributed by atoms with E-state index in [-0.39, 0.29) is 17.8 Å². The van der Waals surface area contributed by atoms with Gasteiger partial charge in [-0.1, -0.05) is 37.3 Å². The lowest BCUT2D eigenvalue weighted by Gasteiger charge is -2.36. The summed E-state index contributed by atoms with van der Waals surface area (Å²) in [4.78, 5) is 21.5. The molecule has 5 rings (SSSR count). The molecule has 0 saturated heterocycles. The van der Waals surface area contributed by atoms with E-state index < -0.39 is 0 Å². The molecule has 0 aliphatic heterocycles. The average molecular weight is 535 g/mol. The number of hydrogen-bond acceptors (Lipinski definition) is 5. The van der Waals surface area contributed by atoms with E-state index in [4.69, 9.17) is 5.73 Å². The van der Waals surface area contributed by atoms with Crippen LogP contribution in [0.2, 0.25) is 0 Å². The molecule has 3 N–H and O–H groups in total. The highest BCUT2D eigenvalue weighted by Crippen LogP contribution is 2.32. The number of benzene rings is 2. The van der Waals surface area contributed by atoms with Gasteiger partial charge in [-0.05, 0) is 101 Å². The van der Waals surface area contributed by atoms with Gasteiger partial charge >= 0.3 is 0 Å². The molecule has 1 aromatic heterocycles. The second-order valence-electron chi connectivity index (χ2n) is 10.9. The fourth-order valence-electron chi connectivity index (χ4n) is 6.16. The Morgan fingerprint density at radius 1 is 1.08 bits per heavy atom. The number of thiazole rings is 1. The summed E-state index contributed by atoms with van der Waals surface area (Å²) in [5.41, 5.74) is 9.14. The van der Waals surface area contributed by atoms with Crippen LogP contribution in [-0.4, -0.2) is 41.0 Å². The fraction of sp³-hybridized carbons (Fsp3) is 0.484. The number of nitrogen functional groups attached to an aromatic ring is 1. The Balaban J connectivity index is 1.08. The molecule has 1 heterocycles. The van der Waals surface area contributed by atoms with Gasteiger partial charge in [0.25, 0.3) is 5.91 Å². The monoisotopic (exact) mass is 534 g/mol. The number of hydrogen-bond donors (Lipinski definition) is 2. The third-order valence-electron chi connectivity index (χ3n) is 8.30. The predicted octanol–water partition coefficient (Wildman–Crippen LogP) is 6.48. The Bertz CT molecular complexity index is 1220. The maximum absolute atomic E-state index is 14.1. The zero-order valence-corrected chi connectivity index (χ0v) is 23.1. The predicted molar refractivity (Wildman–Crippen MR) is 154 cm³/mol. The fourth-order valence-corrected chi connectivity index (χ4v) is 7.11. The first-order chi connectivity index (χ1) is 18.5. The van der Waals surface area contributed by atoms with Crippen molar-refractivity contribution in [2.24, 2.45) is 5.92 Å². The van der Waals surface area contributed by atoms with E-state index in [9.17, 15) is 9.18 Å². The van der Waals surface area contributed by atoms with E-state index in [0.29, 0.717) is 22.3 Å². The van der Waals surface area contributed by atoms with Crippen LogP contribution in [0.1, 0.15) is 72.8 Å². The number of halogens is 1. The lowest BCUT2D eigenvalue weighted by molar-refractivity contribution is 0.0918. The van der Waals surface area contributed by atoms with Gasteiger partial charge in [-0.25, -0.2) is 9.37 Å². The van der Waals surface area contributed by atoms with Crippen molar-refractivity contribution in [2.45, 2.75) is 76.8 Å². The molecular weight excluding hydrogens is 495 g/mol. The van der Waals surface area contributed by atoms with Gasteiger partial charge in [-0.2, -0.15) is 0 Å². The normalized spacial score (nSPS) is 21.3. The number of nitrogens with one attached hydrogen (secondary N) is 1. The Hall–Kier alpha value is -2.77. The molecule has 5 nitrogen and oxygen atoms in total. The molecule has 3 aromatic rings. The first-order valence-electron chi connectivity index (χ1n) is 14.1. The minimum absolute atomic E-state index is 0.0389. The van der Waals surface area contributed by atoms with Crippen LogP contribution in [0, 0.1) is 11.7 Å². The number of aromatic nitrogens is 1. The van der Waals surface area contributed by atoms with Crippen molar-refractivity contribution >= 4 is 22.4 Å². The largest absolute Gasteiger partial charge is 0.375 e. The van der Waals surface area contributed by atoms with Crippen LogP contribution < -0.4 is 11.1 Å². The Kier molecular flexibility index (Phi) is 8.75. The van der Waals surface area contributed by atoms with Crippen LogP contribution in [0.5, 0.6) is 0 Å². The Morgan fingerprint density at radius 3 is 2.58 bits per heavy atom. The van der Waals surface area contributed by atoms with Gasteiger partial charge in [0.05, 0.1) is 5.69 Å². The van der Waals surface area contributed by atoms with Gasteiger partial charge in [0.15, 0.2) is 5.13 Å². The molecule has 7 heteroatoms. The van der Waals surface area contributed by atoms with Crippen LogP contribution >= 0.6 is 11.3 Å². The van der Waals surface area contributed by atoms with Gasteiger partial charge in [0.2, 0.25) is 0 Å². The van der Waals surface area contributed by atoms with E-state index in [0.717, 1.165) is 63.1 Å². The van der Waals surface area contributed by atoms with Crippen LogP contribution in [0.4, 0.5) is 9.52 Å². The van der Waals surface area contributed by atoms with Crippen molar-refractivity contribution in [1.29, 1.82) is 0 Å². The molecule has 1 atom stereocenters. The highest BCUT2D eigenvalue weighted by molar-refractivity contribution is 7.15. The van der Waals surface area contributed by atoms with Crippen LogP contribution in [0.15, 0.2) is 48.5 Å². The number of amides is 1. The second-order valence-corrected chi connectivity index (χ2v) is 12.0. The summed E-state index contributed by atoms with van der Waals surface area (Å²) in [6.07, 6.45) is 10.1. The first kappa shape index (κ1) is 26.8. The SMILES string of the molecule is CCCN(CCC1CCC(NC(=O)c2ccc(-c3ccccc3F)cc2)CC1)[C@H]1CCc2nc(N)sc2C1. The van der Waals surface area contributed by atoms with E-state index in [1.165, 1.54) is 35.9 Å². The molecule has 1 fully saturated rings. The topological polar surface area (TPSA) is 71.2 Å². The summed E-state index contributed by atoms with van der Waals surface area (Å²) in [5, 5.41) is 3.95. The van der Waals surface area contributed by atoms with E-state index in [1.807, 2.05) is 18.2 Å². The van der Waals surface area contributed by atoms with Gasteiger partial charge in [-0.15, -0.1) is 11.3 Å². The molecule has 0 bridgehead atoms. The number of fused-ring (bicyclic) bond motifs is 1. The lowest BCUT2D eigenvalue weighted by Crippen LogP contribution is -2.41. The molecule has 0 spiro atoms. The molecule has 0 radical (unpaired) electrons. The van der Waals surface area contributed by atoms with E-state index in [1.54, 1.807) is 35.6 Å². The molecule has 2 aliphatic rings. The lowest BCUT2D eigenvalue weighted by atomic mass is 9.83. The number of carbonyl (C=O) groups is 1. The van der Waals surface area contributed by atoms with Gasteiger partial charge in [0, 0.05) is 28.1 Å². The zero-order valence-electron chi connectivity index (χ0n) is 22.3. The number of nitrogens with zero attached hydrogens (tertiary/aromatic N) is 2. The molecule has 38 heavy (non-hydrogen) atoms. The standard InChI is InChI=1S/C31H39FN4OS/c1-2-18-36(25-15-16-28-29(20-25)38-31(33)35-28)19-17-21-7-13-24(14-8-21)34-30(37)23-11-9-22(10-12-23)26-5-3-4-6-27(26)32/h3-6,9-12,21,24-25H,2,7-8,13-20H2,1H3,(H2,33,35)(H,34,37)/t21?,24?,25-/m0/s1. The number of anilines is 1. The van der Waals surface area contributed by atoms with Crippen molar-refractivity contribution in [3.63, 3.8) is 0 Å². The summed E-state index contributed by atoms with van der Waals surface area (Å²) >= 11 is 1.67. The third-order valence-corrected chi connectivity index (χ3v) is 9.24. The number of carbonyl (C=O) groups excluding carboxylic acids is 1.